The van der Waals surface area contributed by atoms with Crippen molar-refractivity contribution in [3.63, 3.8) is 0 Å². The quantitative estimate of drug-likeness (QED) is 0.0272. The third-order valence-corrected chi connectivity index (χ3v) is 15.0. The lowest BCUT2D eigenvalue weighted by Crippen LogP contribution is -2.45. The molecular weight excluding hydrogens is 864 g/mol. The van der Waals surface area contributed by atoms with Gasteiger partial charge in [-0.1, -0.05) is 296 Å². The van der Waals surface area contributed by atoms with Crippen LogP contribution in [0.5, 0.6) is 0 Å². The van der Waals surface area contributed by atoms with Gasteiger partial charge in [0.25, 0.3) is 7.82 Å². The zero-order chi connectivity index (χ0) is 49.9. The van der Waals surface area contributed by atoms with E-state index in [-0.39, 0.29) is 19.1 Å². The summed E-state index contributed by atoms with van der Waals surface area (Å²) < 4.78 is 23.3. The number of allylic oxidation sites excluding steroid dienone is 1. The summed E-state index contributed by atoms with van der Waals surface area (Å²) in [6.45, 7) is 4.68. The molecular formula is C59H119N2O6P. The van der Waals surface area contributed by atoms with Crippen molar-refractivity contribution in [2.75, 3.05) is 40.9 Å². The minimum absolute atomic E-state index is 0.00234. The lowest BCUT2D eigenvalue weighted by atomic mass is 10.0. The van der Waals surface area contributed by atoms with E-state index in [0.717, 1.165) is 38.5 Å². The topological polar surface area (TPSA) is 108 Å². The van der Waals surface area contributed by atoms with E-state index in [0.29, 0.717) is 17.4 Å². The zero-order valence-corrected chi connectivity index (χ0v) is 47.2. The van der Waals surface area contributed by atoms with Crippen LogP contribution < -0.4 is 10.2 Å². The number of hydrogen-bond acceptors (Lipinski definition) is 6. The molecule has 0 fully saturated rings. The molecule has 0 saturated heterocycles. The molecule has 0 radical (unpaired) electrons. The average molecular weight is 984 g/mol. The van der Waals surface area contributed by atoms with Crippen LogP contribution in [0.15, 0.2) is 12.2 Å². The molecule has 2 N–H and O–H groups in total. The van der Waals surface area contributed by atoms with Crippen molar-refractivity contribution in [2.24, 2.45) is 0 Å². The number of aliphatic hydroxyl groups is 1. The Morgan fingerprint density at radius 2 is 0.794 bits per heavy atom. The summed E-state index contributed by atoms with van der Waals surface area (Å²) in [5.74, 6) is -0.191. The summed E-state index contributed by atoms with van der Waals surface area (Å²) in [6, 6.07) is -0.881. The molecule has 0 spiro atoms. The second-order valence-electron chi connectivity index (χ2n) is 22.1. The summed E-state index contributed by atoms with van der Waals surface area (Å²) in [6.07, 6.45) is 63.2. The van der Waals surface area contributed by atoms with Gasteiger partial charge in [-0.3, -0.25) is 9.36 Å². The van der Waals surface area contributed by atoms with Crippen molar-refractivity contribution in [1.82, 2.24) is 5.32 Å². The summed E-state index contributed by atoms with van der Waals surface area (Å²) in [5, 5.41) is 13.8. The molecule has 1 amide bonds. The van der Waals surface area contributed by atoms with Crippen LogP contribution in [0.4, 0.5) is 0 Å². The van der Waals surface area contributed by atoms with E-state index in [4.69, 9.17) is 9.05 Å². The monoisotopic (exact) mass is 983 g/mol. The Hall–Kier alpha value is -0.760. The third-order valence-electron chi connectivity index (χ3n) is 14.0. The molecule has 0 saturated carbocycles. The molecule has 0 rings (SSSR count). The third kappa shape index (κ3) is 53.0. The van der Waals surface area contributed by atoms with Gasteiger partial charge in [0.05, 0.1) is 39.9 Å². The number of likely N-dealkylation sites (N-methyl/N-ethyl adjacent to an activating group) is 1. The first-order valence-electron chi connectivity index (χ1n) is 30.1. The molecule has 0 aliphatic carbocycles. The van der Waals surface area contributed by atoms with E-state index >= 15 is 0 Å². The highest BCUT2D eigenvalue weighted by atomic mass is 31.2. The van der Waals surface area contributed by atoms with Gasteiger partial charge in [0.1, 0.15) is 13.2 Å². The molecule has 1 unspecified atom stereocenters. The van der Waals surface area contributed by atoms with E-state index < -0.39 is 20.0 Å². The number of carbonyl (C=O) groups is 1. The molecule has 3 atom stereocenters. The van der Waals surface area contributed by atoms with Crippen LogP contribution in [0.1, 0.15) is 309 Å². The molecule has 8 nitrogen and oxygen atoms in total. The number of phosphoric acid groups is 1. The van der Waals surface area contributed by atoms with Gasteiger partial charge >= 0.3 is 0 Å². The van der Waals surface area contributed by atoms with Crippen molar-refractivity contribution < 1.29 is 32.9 Å². The Morgan fingerprint density at radius 3 is 1.10 bits per heavy atom. The fourth-order valence-electron chi connectivity index (χ4n) is 9.27. The Balaban J connectivity index is 3.90. The Morgan fingerprint density at radius 1 is 0.500 bits per heavy atom. The second kappa shape index (κ2) is 51.2. The van der Waals surface area contributed by atoms with Gasteiger partial charge in [-0.2, -0.15) is 0 Å². The van der Waals surface area contributed by atoms with E-state index in [9.17, 15) is 19.4 Å². The highest BCUT2D eigenvalue weighted by molar-refractivity contribution is 7.45. The normalized spacial score (nSPS) is 13.9. The second-order valence-corrected chi connectivity index (χ2v) is 23.5. The van der Waals surface area contributed by atoms with Crippen molar-refractivity contribution in [1.29, 1.82) is 0 Å². The van der Waals surface area contributed by atoms with E-state index in [1.54, 1.807) is 6.08 Å². The summed E-state index contributed by atoms with van der Waals surface area (Å²) in [5.41, 5.74) is 0. The molecule has 9 heteroatoms. The van der Waals surface area contributed by atoms with Crippen LogP contribution in [0.25, 0.3) is 0 Å². The fourth-order valence-corrected chi connectivity index (χ4v) is 10.00. The van der Waals surface area contributed by atoms with Crippen molar-refractivity contribution in [2.45, 2.75) is 321 Å². The number of aliphatic hydroxyl groups excluding tert-OH is 1. The summed E-state index contributed by atoms with van der Waals surface area (Å²) in [7, 11) is 1.28. The number of quaternary nitrogens is 1. The molecule has 0 aliphatic rings. The number of hydrogen-bond donors (Lipinski definition) is 2. The van der Waals surface area contributed by atoms with Crippen LogP contribution in [-0.4, -0.2) is 68.5 Å². The maximum Gasteiger partial charge on any atom is 0.268 e. The highest BCUT2D eigenvalue weighted by Crippen LogP contribution is 2.38. The summed E-state index contributed by atoms with van der Waals surface area (Å²) >= 11 is 0. The minimum Gasteiger partial charge on any atom is -0.756 e. The minimum atomic E-state index is -4.59. The first-order valence-corrected chi connectivity index (χ1v) is 31.5. The van der Waals surface area contributed by atoms with Gasteiger partial charge < -0.3 is 28.8 Å². The van der Waals surface area contributed by atoms with Crippen LogP contribution in [-0.2, 0) is 18.4 Å². The van der Waals surface area contributed by atoms with Gasteiger partial charge in [0.2, 0.25) is 5.91 Å². The van der Waals surface area contributed by atoms with Crippen LogP contribution >= 0.6 is 7.82 Å². The lowest BCUT2D eigenvalue weighted by Gasteiger charge is -2.29. The van der Waals surface area contributed by atoms with Gasteiger partial charge in [-0.05, 0) is 19.3 Å². The largest absolute Gasteiger partial charge is 0.756 e. The molecule has 0 heterocycles. The maximum atomic E-state index is 12.9. The highest BCUT2D eigenvalue weighted by Gasteiger charge is 2.23. The van der Waals surface area contributed by atoms with Crippen LogP contribution in [0.2, 0.25) is 0 Å². The van der Waals surface area contributed by atoms with Crippen LogP contribution in [0.3, 0.4) is 0 Å². The lowest BCUT2D eigenvalue weighted by molar-refractivity contribution is -0.870. The number of nitrogens with zero attached hydrogens (tertiary/aromatic N) is 1. The van der Waals surface area contributed by atoms with Crippen molar-refractivity contribution >= 4 is 13.7 Å². The Bertz CT molecular complexity index is 1120. The number of nitrogens with one attached hydrogen (secondary N) is 1. The predicted octanol–water partition coefficient (Wildman–Crippen LogP) is 17.6. The first kappa shape index (κ1) is 67.2. The van der Waals surface area contributed by atoms with Gasteiger partial charge in [-0.15, -0.1) is 0 Å². The predicted molar refractivity (Wildman–Crippen MR) is 293 cm³/mol. The molecule has 0 bridgehead atoms. The average Bonchev–Trinajstić information content (AvgIpc) is 3.30. The summed E-state index contributed by atoms with van der Waals surface area (Å²) in [4.78, 5) is 25.4. The Kier molecular flexibility index (Phi) is 50.6. The van der Waals surface area contributed by atoms with Gasteiger partial charge in [-0.25, -0.2) is 0 Å². The van der Waals surface area contributed by atoms with Gasteiger partial charge in [0.15, 0.2) is 0 Å². The van der Waals surface area contributed by atoms with Gasteiger partial charge in [0, 0.05) is 6.42 Å². The molecule has 0 aromatic heterocycles. The number of amides is 1. The van der Waals surface area contributed by atoms with E-state index in [1.807, 2.05) is 27.2 Å². The molecule has 68 heavy (non-hydrogen) atoms. The molecule has 0 aliphatic heterocycles. The molecule has 0 aromatic rings. The molecule has 406 valence electrons. The standard InChI is InChI=1S/C59H119N2O6P/c1-6-8-10-12-14-16-18-20-21-22-23-24-25-26-27-28-29-30-31-32-33-34-35-36-37-38-39-40-41-43-45-47-49-51-53-59(63)60-57(56-67-68(64,65)66-55-54-61(3,4)5)58(62)52-50-48-46-44-42-19-17-15-13-11-9-7-2/h50,52,57-58,62H,6-49,51,53-56H2,1-5H3,(H-,60,63,64,65)/b52-50+/t57-,58+/m0/s1. The van der Waals surface area contributed by atoms with E-state index in [1.165, 1.54) is 250 Å². The van der Waals surface area contributed by atoms with Crippen LogP contribution in [0, 0.1) is 0 Å². The van der Waals surface area contributed by atoms with Crippen molar-refractivity contribution in [3.05, 3.63) is 12.2 Å². The SMILES string of the molecule is CCCCCCCCCCCC/C=C/[C@@H](O)[C@H](COP(=O)([O-])OCC[N+](C)(C)C)NC(=O)CCCCCCCCCCCCCCCCCCCCCCCCCCCCCCCCCCCC. The van der Waals surface area contributed by atoms with E-state index in [2.05, 4.69) is 19.2 Å². The number of carbonyl (C=O) groups excluding carboxylic acids is 1. The smallest absolute Gasteiger partial charge is 0.268 e. The molecule has 0 aromatic carbocycles. The first-order chi connectivity index (χ1) is 33.0. The maximum absolute atomic E-state index is 12.9. The zero-order valence-electron chi connectivity index (χ0n) is 46.3. The number of unbranched alkanes of at least 4 members (excludes halogenated alkanes) is 43. The fraction of sp³-hybridized carbons (Fsp3) is 0.949. The Labute approximate surface area is 424 Å². The number of phosphoric ester groups is 1. The van der Waals surface area contributed by atoms with Crippen molar-refractivity contribution in [3.8, 4) is 0 Å². The number of rotatable bonds is 56.